The predicted octanol–water partition coefficient (Wildman–Crippen LogP) is 6.70. The molecular formula is C30H32ClN3O2. The van der Waals surface area contributed by atoms with E-state index in [1.807, 2.05) is 61.5 Å². The molecule has 0 aliphatic carbocycles. The van der Waals surface area contributed by atoms with Crippen LogP contribution in [0.15, 0.2) is 85.5 Å². The Kier molecular flexibility index (Phi) is 8.80. The van der Waals surface area contributed by atoms with E-state index >= 15 is 0 Å². The summed E-state index contributed by atoms with van der Waals surface area (Å²) in [6.07, 6.45) is 4.83. The number of hydrogen-bond donors (Lipinski definition) is 1. The molecule has 5 nitrogen and oxygen atoms in total. The zero-order chi connectivity index (χ0) is 25.3. The quantitative estimate of drug-likeness (QED) is 0.173. The number of nitrogens with one attached hydrogen (secondary N) is 1. The van der Waals surface area contributed by atoms with Crippen LogP contribution in [0.1, 0.15) is 42.8 Å². The van der Waals surface area contributed by atoms with Crippen molar-refractivity contribution in [1.82, 2.24) is 14.9 Å². The lowest BCUT2D eigenvalue weighted by Gasteiger charge is -2.17. The molecule has 3 aromatic carbocycles. The van der Waals surface area contributed by atoms with Crippen LogP contribution in [0, 0.1) is 0 Å². The number of benzene rings is 3. The third-order valence-electron chi connectivity index (χ3n) is 6.10. The first-order chi connectivity index (χ1) is 17.5. The number of halogens is 1. The van der Waals surface area contributed by atoms with Crippen LogP contribution in [-0.4, -0.2) is 22.1 Å². The molecule has 4 aromatic rings. The lowest BCUT2D eigenvalue weighted by Crippen LogP contribution is -2.30. The molecule has 186 valence electrons. The molecule has 0 saturated heterocycles. The molecule has 4 rings (SSSR count). The van der Waals surface area contributed by atoms with Crippen LogP contribution in [-0.2, 0) is 24.2 Å². The highest BCUT2D eigenvalue weighted by Gasteiger charge is 2.18. The Labute approximate surface area is 217 Å². The molecule has 0 aliphatic rings. The Morgan fingerprint density at radius 1 is 1.08 bits per heavy atom. The van der Waals surface area contributed by atoms with Crippen molar-refractivity contribution in [3.63, 3.8) is 0 Å². The van der Waals surface area contributed by atoms with Crippen molar-refractivity contribution in [1.29, 1.82) is 0 Å². The van der Waals surface area contributed by atoms with Crippen molar-refractivity contribution in [3.8, 4) is 5.75 Å². The van der Waals surface area contributed by atoms with Crippen LogP contribution in [0.2, 0.25) is 5.02 Å². The third-order valence-corrected chi connectivity index (χ3v) is 6.35. The molecule has 36 heavy (non-hydrogen) atoms. The number of imidazole rings is 1. The van der Waals surface area contributed by atoms with E-state index in [-0.39, 0.29) is 11.9 Å². The third kappa shape index (κ3) is 6.55. The fraction of sp³-hybridized carbons (Fsp3) is 0.267. The van der Waals surface area contributed by atoms with Gasteiger partial charge in [-0.3, -0.25) is 4.79 Å². The SMILES string of the molecule is C=CCc1ccccc1OCCCCn1c(C(C)NC(=O)Cc2ccc(Cl)cc2)nc2ccccc21. The number of ether oxygens (including phenoxy) is 1. The van der Waals surface area contributed by atoms with Crippen LogP contribution in [0.3, 0.4) is 0 Å². The molecule has 0 saturated carbocycles. The molecular weight excluding hydrogens is 470 g/mol. The lowest BCUT2D eigenvalue weighted by molar-refractivity contribution is -0.121. The zero-order valence-electron chi connectivity index (χ0n) is 20.6. The second kappa shape index (κ2) is 12.4. The second-order valence-corrected chi connectivity index (χ2v) is 9.30. The Bertz CT molecular complexity index is 1310. The zero-order valence-corrected chi connectivity index (χ0v) is 21.4. The molecule has 6 heteroatoms. The Morgan fingerprint density at radius 3 is 2.64 bits per heavy atom. The van der Waals surface area contributed by atoms with Gasteiger partial charge in [-0.05, 0) is 67.6 Å². The minimum Gasteiger partial charge on any atom is -0.493 e. The number of allylic oxidation sites excluding steroid dienone is 1. The first-order valence-corrected chi connectivity index (χ1v) is 12.7. The van der Waals surface area contributed by atoms with Gasteiger partial charge in [-0.25, -0.2) is 4.98 Å². The van der Waals surface area contributed by atoms with Crippen LogP contribution >= 0.6 is 11.6 Å². The molecule has 1 aromatic heterocycles. The summed E-state index contributed by atoms with van der Waals surface area (Å²) in [5.74, 6) is 1.73. The molecule has 1 amide bonds. The number of aryl methyl sites for hydroxylation is 1. The fourth-order valence-corrected chi connectivity index (χ4v) is 4.45. The number of aromatic nitrogens is 2. The summed E-state index contributed by atoms with van der Waals surface area (Å²) in [7, 11) is 0. The molecule has 1 N–H and O–H groups in total. The van der Waals surface area contributed by atoms with Gasteiger partial charge in [0.15, 0.2) is 0 Å². The molecule has 1 heterocycles. The second-order valence-electron chi connectivity index (χ2n) is 8.86. The van der Waals surface area contributed by atoms with Crippen LogP contribution < -0.4 is 10.1 Å². The van der Waals surface area contributed by atoms with Crippen LogP contribution in [0.5, 0.6) is 5.75 Å². The van der Waals surface area contributed by atoms with E-state index in [9.17, 15) is 4.79 Å². The largest absolute Gasteiger partial charge is 0.493 e. The molecule has 0 bridgehead atoms. The summed E-state index contributed by atoms with van der Waals surface area (Å²) in [6, 6.07) is 23.3. The molecule has 0 radical (unpaired) electrons. The normalized spacial score (nSPS) is 11.8. The van der Waals surface area contributed by atoms with E-state index in [1.165, 1.54) is 0 Å². The summed E-state index contributed by atoms with van der Waals surface area (Å²) in [6.45, 7) is 7.25. The molecule has 1 atom stereocenters. The Hall–Kier alpha value is -3.57. The number of amides is 1. The highest BCUT2D eigenvalue weighted by Crippen LogP contribution is 2.23. The van der Waals surface area contributed by atoms with Gasteiger partial charge in [0.25, 0.3) is 0 Å². The van der Waals surface area contributed by atoms with Gasteiger partial charge in [0.2, 0.25) is 5.91 Å². The van der Waals surface area contributed by atoms with Gasteiger partial charge in [-0.15, -0.1) is 6.58 Å². The minimum atomic E-state index is -0.223. The van der Waals surface area contributed by atoms with Gasteiger partial charge in [0.1, 0.15) is 11.6 Å². The van der Waals surface area contributed by atoms with Crippen molar-refractivity contribution in [2.24, 2.45) is 0 Å². The van der Waals surface area contributed by atoms with Crippen LogP contribution in [0.25, 0.3) is 11.0 Å². The van der Waals surface area contributed by atoms with E-state index in [4.69, 9.17) is 21.3 Å². The van der Waals surface area contributed by atoms with Gasteiger partial charge < -0.3 is 14.6 Å². The number of fused-ring (bicyclic) bond motifs is 1. The summed E-state index contributed by atoms with van der Waals surface area (Å²) < 4.78 is 8.27. The summed E-state index contributed by atoms with van der Waals surface area (Å²) >= 11 is 5.96. The van der Waals surface area contributed by atoms with Gasteiger partial charge >= 0.3 is 0 Å². The first-order valence-electron chi connectivity index (χ1n) is 12.4. The van der Waals surface area contributed by atoms with E-state index in [2.05, 4.69) is 28.6 Å². The average Bonchev–Trinajstić information content (AvgIpc) is 3.25. The standard InChI is InChI=1S/C30H32ClN3O2/c1-3-10-24-11-4-7-14-28(24)36-20-9-8-19-34-27-13-6-5-12-26(27)33-30(34)22(2)32-29(35)21-23-15-17-25(31)18-16-23/h3-7,11-18,22H,1,8-10,19-21H2,2H3,(H,32,35). The maximum absolute atomic E-state index is 12.7. The highest BCUT2D eigenvalue weighted by atomic mass is 35.5. The summed E-state index contributed by atoms with van der Waals surface area (Å²) in [5.41, 5.74) is 4.08. The highest BCUT2D eigenvalue weighted by molar-refractivity contribution is 6.30. The summed E-state index contributed by atoms with van der Waals surface area (Å²) in [4.78, 5) is 17.6. The minimum absolute atomic E-state index is 0.0463. The molecule has 0 aliphatic heterocycles. The van der Waals surface area contributed by atoms with Crippen LogP contribution in [0.4, 0.5) is 0 Å². The average molecular weight is 502 g/mol. The lowest BCUT2D eigenvalue weighted by atomic mass is 10.1. The summed E-state index contributed by atoms with van der Waals surface area (Å²) in [5, 5.41) is 3.77. The number of carbonyl (C=O) groups excluding carboxylic acids is 1. The van der Waals surface area contributed by atoms with Gasteiger partial charge in [0, 0.05) is 11.6 Å². The van der Waals surface area contributed by atoms with Crippen molar-refractivity contribution >= 4 is 28.5 Å². The molecule has 0 fully saturated rings. The van der Waals surface area contributed by atoms with Gasteiger partial charge in [0.05, 0.1) is 30.1 Å². The maximum Gasteiger partial charge on any atom is 0.224 e. The Morgan fingerprint density at radius 2 is 1.83 bits per heavy atom. The predicted molar refractivity (Wildman–Crippen MR) is 147 cm³/mol. The number of nitrogens with zero attached hydrogens (tertiary/aromatic N) is 2. The maximum atomic E-state index is 12.7. The smallest absolute Gasteiger partial charge is 0.224 e. The topological polar surface area (TPSA) is 56.1 Å². The molecule has 0 spiro atoms. The number of carbonyl (C=O) groups is 1. The van der Waals surface area contributed by atoms with Crippen molar-refractivity contribution in [2.45, 2.75) is 45.2 Å². The Balaban J connectivity index is 1.38. The molecule has 1 unspecified atom stereocenters. The number of hydrogen-bond acceptors (Lipinski definition) is 3. The van der Waals surface area contributed by atoms with E-state index in [0.717, 1.165) is 59.5 Å². The number of rotatable bonds is 12. The van der Waals surface area contributed by atoms with Crippen molar-refractivity contribution < 1.29 is 9.53 Å². The van der Waals surface area contributed by atoms with E-state index in [0.29, 0.717) is 18.1 Å². The van der Waals surface area contributed by atoms with Gasteiger partial charge in [-0.1, -0.05) is 60.1 Å². The van der Waals surface area contributed by atoms with Crippen molar-refractivity contribution in [2.75, 3.05) is 6.61 Å². The van der Waals surface area contributed by atoms with E-state index < -0.39 is 0 Å². The van der Waals surface area contributed by atoms with E-state index in [1.54, 1.807) is 12.1 Å². The fourth-order valence-electron chi connectivity index (χ4n) is 4.33. The van der Waals surface area contributed by atoms with Crippen molar-refractivity contribution in [3.05, 3.63) is 107 Å². The number of unbranched alkanes of at least 4 members (excludes halogenated alkanes) is 1. The number of para-hydroxylation sites is 3. The van der Waals surface area contributed by atoms with Gasteiger partial charge in [-0.2, -0.15) is 0 Å². The monoisotopic (exact) mass is 501 g/mol. The first kappa shape index (κ1) is 25.5.